The van der Waals surface area contributed by atoms with E-state index in [0.717, 1.165) is 9.99 Å². The largest absolute Gasteiger partial charge is 0.389 e. The minimum Gasteiger partial charge on any atom is -0.389 e. The molecule has 0 atom stereocenters. The topological polar surface area (TPSA) is 55.1 Å². The van der Waals surface area contributed by atoms with Gasteiger partial charge in [-0.3, -0.25) is 0 Å². The van der Waals surface area contributed by atoms with Gasteiger partial charge < -0.3 is 9.73 Å². The number of anilines is 1. The first-order chi connectivity index (χ1) is 10.2. The number of aromatic nitrogens is 1. The highest BCUT2D eigenvalue weighted by Gasteiger charge is 2.06. The Hall–Kier alpha value is -1.89. The van der Waals surface area contributed by atoms with Crippen LogP contribution in [-0.2, 0) is 6.42 Å². The van der Waals surface area contributed by atoms with Crippen molar-refractivity contribution in [2.75, 3.05) is 11.9 Å². The fraction of sp³-hybridized carbons (Fsp3) is 0.125. The maximum absolute atomic E-state index is 11.9. The summed E-state index contributed by atoms with van der Waals surface area (Å²) >= 11 is 2.16. The highest BCUT2D eigenvalue weighted by molar-refractivity contribution is 14.1. The van der Waals surface area contributed by atoms with Crippen molar-refractivity contribution in [3.05, 3.63) is 68.1 Å². The molecule has 106 valence electrons. The van der Waals surface area contributed by atoms with Gasteiger partial charge in [0.15, 0.2) is 0 Å². The fourth-order valence-corrected chi connectivity index (χ4v) is 2.57. The van der Waals surface area contributed by atoms with E-state index < -0.39 is 0 Å². The smallest absolute Gasteiger partial charge is 0.348 e. The Morgan fingerprint density at radius 1 is 1.14 bits per heavy atom. The molecule has 2 aromatic carbocycles. The summed E-state index contributed by atoms with van der Waals surface area (Å²) in [6, 6.07) is 15.9. The SMILES string of the molecule is O=c1oc(NCCc2ccccc2)nc2ccc(I)cc12. The van der Waals surface area contributed by atoms with Crippen molar-refractivity contribution in [3.63, 3.8) is 0 Å². The summed E-state index contributed by atoms with van der Waals surface area (Å²) in [5.74, 6) is 0. The molecule has 0 fully saturated rings. The summed E-state index contributed by atoms with van der Waals surface area (Å²) < 4.78 is 6.19. The van der Waals surface area contributed by atoms with Crippen LogP contribution in [-0.4, -0.2) is 11.5 Å². The zero-order valence-electron chi connectivity index (χ0n) is 11.2. The lowest BCUT2D eigenvalue weighted by atomic mass is 10.1. The summed E-state index contributed by atoms with van der Waals surface area (Å²) in [4.78, 5) is 16.3. The van der Waals surface area contributed by atoms with Gasteiger partial charge in [0.25, 0.3) is 6.01 Å². The van der Waals surface area contributed by atoms with E-state index in [4.69, 9.17) is 4.42 Å². The number of hydrogen-bond donors (Lipinski definition) is 1. The molecule has 0 saturated carbocycles. The molecular weight excluding hydrogens is 379 g/mol. The molecule has 0 saturated heterocycles. The van der Waals surface area contributed by atoms with Crippen LogP contribution in [0, 0.1) is 3.57 Å². The number of hydrogen-bond acceptors (Lipinski definition) is 4. The second kappa shape index (κ2) is 6.26. The molecule has 0 aliphatic rings. The van der Waals surface area contributed by atoms with Gasteiger partial charge in [-0.2, -0.15) is 4.98 Å². The maximum atomic E-state index is 11.9. The summed E-state index contributed by atoms with van der Waals surface area (Å²) in [5.41, 5.74) is 1.51. The Kier molecular flexibility index (Phi) is 4.19. The van der Waals surface area contributed by atoms with Crippen molar-refractivity contribution >= 4 is 39.5 Å². The Labute approximate surface area is 135 Å². The van der Waals surface area contributed by atoms with Gasteiger partial charge in [0.1, 0.15) is 0 Å². The van der Waals surface area contributed by atoms with E-state index in [2.05, 4.69) is 45.0 Å². The van der Waals surface area contributed by atoms with Gasteiger partial charge in [0, 0.05) is 10.1 Å². The van der Waals surface area contributed by atoms with E-state index in [1.54, 1.807) is 6.07 Å². The molecule has 1 N–H and O–H groups in total. The highest BCUT2D eigenvalue weighted by atomic mass is 127. The van der Waals surface area contributed by atoms with Gasteiger partial charge in [0.2, 0.25) is 0 Å². The van der Waals surface area contributed by atoms with Gasteiger partial charge >= 0.3 is 5.63 Å². The van der Waals surface area contributed by atoms with E-state index >= 15 is 0 Å². The van der Waals surface area contributed by atoms with Crippen molar-refractivity contribution in [1.29, 1.82) is 0 Å². The van der Waals surface area contributed by atoms with Crippen LogP contribution in [0.15, 0.2) is 57.7 Å². The molecule has 1 heterocycles. The molecular formula is C16H13IN2O2. The second-order valence-electron chi connectivity index (χ2n) is 4.63. The van der Waals surface area contributed by atoms with Crippen molar-refractivity contribution in [1.82, 2.24) is 4.98 Å². The normalized spacial score (nSPS) is 10.7. The Morgan fingerprint density at radius 3 is 2.76 bits per heavy atom. The molecule has 1 aromatic heterocycles. The maximum Gasteiger partial charge on any atom is 0.348 e. The minimum atomic E-state index is -0.360. The lowest BCUT2D eigenvalue weighted by Crippen LogP contribution is -2.10. The Morgan fingerprint density at radius 2 is 1.95 bits per heavy atom. The summed E-state index contributed by atoms with van der Waals surface area (Å²) in [6.07, 6.45) is 0.844. The average Bonchev–Trinajstić information content (AvgIpc) is 2.49. The summed E-state index contributed by atoms with van der Waals surface area (Å²) in [7, 11) is 0. The molecule has 0 radical (unpaired) electrons. The number of benzene rings is 2. The van der Waals surface area contributed by atoms with Crippen LogP contribution in [0.2, 0.25) is 0 Å². The van der Waals surface area contributed by atoms with Crippen LogP contribution >= 0.6 is 22.6 Å². The van der Waals surface area contributed by atoms with Crippen LogP contribution in [0.4, 0.5) is 6.01 Å². The predicted octanol–water partition coefficient (Wildman–Crippen LogP) is 3.45. The Bertz CT molecular complexity index is 815. The van der Waals surface area contributed by atoms with E-state index in [1.165, 1.54) is 5.56 Å². The number of nitrogens with one attached hydrogen (secondary N) is 1. The minimum absolute atomic E-state index is 0.268. The van der Waals surface area contributed by atoms with Crippen LogP contribution in [0.3, 0.4) is 0 Å². The van der Waals surface area contributed by atoms with E-state index in [0.29, 0.717) is 17.4 Å². The molecule has 3 aromatic rings. The van der Waals surface area contributed by atoms with Crippen LogP contribution in [0.1, 0.15) is 5.56 Å². The van der Waals surface area contributed by atoms with E-state index in [9.17, 15) is 4.79 Å². The van der Waals surface area contributed by atoms with Gasteiger partial charge in [-0.05, 0) is 52.8 Å². The number of fused-ring (bicyclic) bond motifs is 1. The molecule has 0 amide bonds. The Balaban J connectivity index is 1.76. The molecule has 5 heteroatoms. The zero-order valence-corrected chi connectivity index (χ0v) is 13.3. The number of rotatable bonds is 4. The van der Waals surface area contributed by atoms with Crippen molar-refractivity contribution in [2.45, 2.75) is 6.42 Å². The van der Waals surface area contributed by atoms with Crippen LogP contribution in [0.25, 0.3) is 10.9 Å². The van der Waals surface area contributed by atoms with Gasteiger partial charge in [-0.1, -0.05) is 30.3 Å². The van der Waals surface area contributed by atoms with Gasteiger partial charge in [-0.15, -0.1) is 0 Å². The third kappa shape index (κ3) is 3.41. The molecule has 21 heavy (non-hydrogen) atoms. The second-order valence-corrected chi connectivity index (χ2v) is 5.88. The lowest BCUT2D eigenvalue weighted by Gasteiger charge is -2.05. The molecule has 0 aliphatic carbocycles. The number of halogens is 1. The number of nitrogens with zero attached hydrogens (tertiary/aromatic N) is 1. The molecule has 3 rings (SSSR count). The molecule has 0 bridgehead atoms. The standard InChI is InChI=1S/C16H13IN2O2/c17-12-6-7-14-13(10-12)15(20)21-16(19-14)18-9-8-11-4-2-1-3-5-11/h1-7,10H,8-9H2,(H,18,19). The van der Waals surface area contributed by atoms with Gasteiger partial charge in [0.05, 0.1) is 10.9 Å². The first kappa shape index (κ1) is 14.1. The monoisotopic (exact) mass is 392 g/mol. The first-order valence-corrected chi connectivity index (χ1v) is 7.68. The van der Waals surface area contributed by atoms with Crippen LogP contribution < -0.4 is 10.9 Å². The van der Waals surface area contributed by atoms with Crippen molar-refractivity contribution < 1.29 is 4.42 Å². The third-order valence-corrected chi connectivity index (χ3v) is 3.79. The zero-order chi connectivity index (χ0) is 14.7. The van der Waals surface area contributed by atoms with Gasteiger partial charge in [-0.25, -0.2) is 4.79 Å². The summed E-state index contributed by atoms with van der Waals surface area (Å²) in [5, 5.41) is 3.57. The molecule has 4 nitrogen and oxygen atoms in total. The first-order valence-electron chi connectivity index (χ1n) is 6.60. The van der Waals surface area contributed by atoms with E-state index in [-0.39, 0.29) is 11.6 Å². The fourth-order valence-electron chi connectivity index (χ4n) is 2.08. The molecule has 0 aliphatic heterocycles. The lowest BCUT2D eigenvalue weighted by molar-refractivity contribution is 0.516. The van der Waals surface area contributed by atoms with Crippen molar-refractivity contribution in [2.24, 2.45) is 0 Å². The van der Waals surface area contributed by atoms with E-state index in [1.807, 2.05) is 30.3 Å². The predicted molar refractivity (Wildman–Crippen MR) is 91.6 cm³/mol. The molecule has 0 spiro atoms. The average molecular weight is 392 g/mol. The van der Waals surface area contributed by atoms with Crippen molar-refractivity contribution in [3.8, 4) is 0 Å². The quantitative estimate of drug-likeness (QED) is 0.692. The third-order valence-electron chi connectivity index (χ3n) is 3.12. The molecule has 0 unspecified atom stereocenters. The summed E-state index contributed by atoms with van der Waals surface area (Å²) in [6.45, 7) is 0.663. The highest BCUT2D eigenvalue weighted by Crippen LogP contribution is 2.14. The van der Waals surface area contributed by atoms with Crippen LogP contribution in [0.5, 0.6) is 0 Å².